The van der Waals surface area contributed by atoms with E-state index in [9.17, 15) is 0 Å². The topological polar surface area (TPSA) is 16.2 Å². The lowest BCUT2D eigenvalue weighted by molar-refractivity contribution is 0.104. The number of hydrogen-bond acceptors (Lipinski definition) is 5. The summed E-state index contributed by atoms with van der Waals surface area (Å²) < 4.78 is 0. The van der Waals surface area contributed by atoms with Crippen molar-refractivity contribution in [3.05, 3.63) is 36.5 Å². The van der Waals surface area contributed by atoms with Gasteiger partial charge in [-0.2, -0.15) is 0 Å². The maximum absolute atomic E-state index is 2.93. The van der Waals surface area contributed by atoms with E-state index in [1.807, 2.05) is 0 Å². The van der Waals surface area contributed by atoms with Crippen LogP contribution in [0.5, 0.6) is 0 Å². The van der Waals surface area contributed by atoms with Crippen LogP contribution in [0, 0.1) is 0 Å². The standard InChI is InChI=1S/C79H157N5/c1-6-11-16-21-26-31-36-38-39-40-42-44-49-53-58-63-68-81(67-62-57-52-48-43-41-37-32-27-22-17-12-7-2)71-74-83-76-78-84(79-77-83)75-73-82(69-64-59-54-47-35-30-25-20-15-10-5)72-70-80(65-60-55-50-45-33-28-23-18-13-8-3)66-61-56-51-46-34-29-24-19-14-9-4/h26-27,31-32,38-39H,6-25,28-30,33-37,40-79H2,1-5H3/b31-26-,32-27-,39-38-. The lowest BCUT2D eigenvalue weighted by atomic mass is 10.1. The molecule has 0 N–H and O–H groups in total. The fraction of sp³-hybridized carbons (Fsp3) is 0.924. The molecule has 0 bridgehead atoms. The van der Waals surface area contributed by atoms with Gasteiger partial charge >= 0.3 is 0 Å². The molecule has 498 valence electrons. The molecule has 0 unspecified atom stereocenters. The summed E-state index contributed by atoms with van der Waals surface area (Å²) in [6.07, 6.45) is 88.7. The highest BCUT2D eigenvalue weighted by Crippen LogP contribution is 2.17. The summed E-state index contributed by atoms with van der Waals surface area (Å²) in [5, 5.41) is 0. The lowest BCUT2D eigenvalue weighted by Gasteiger charge is -2.37. The smallest absolute Gasteiger partial charge is 0.0110 e. The van der Waals surface area contributed by atoms with Crippen molar-refractivity contribution < 1.29 is 0 Å². The van der Waals surface area contributed by atoms with Gasteiger partial charge in [0.2, 0.25) is 0 Å². The Bertz CT molecular complexity index is 1280. The largest absolute Gasteiger partial charge is 0.302 e. The molecule has 5 heteroatoms. The lowest BCUT2D eigenvalue weighted by Crippen LogP contribution is -2.50. The molecule has 0 aromatic rings. The molecule has 5 nitrogen and oxygen atoms in total. The Morgan fingerprint density at radius 1 is 0.202 bits per heavy atom. The molecule has 84 heavy (non-hydrogen) atoms. The molecule has 0 saturated carbocycles. The summed E-state index contributed by atoms with van der Waals surface area (Å²) in [7, 11) is 0. The number of rotatable bonds is 70. The predicted octanol–water partition coefficient (Wildman–Crippen LogP) is 24.0. The van der Waals surface area contributed by atoms with Crippen LogP contribution in [0.15, 0.2) is 36.5 Å². The molecule has 0 aliphatic carbocycles. The van der Waals surface area contributed by atoms with Crippen LogP contribution >= 0.6 is 0 Å². The van der Waals surface area contributed by atoms with Gasteiger partial charge < -0.3 is 14.7 Å². The van der Waals surface area contributed by atoms with Crippen molar-refractivity contribution in [1.29, 1.82) is 0 Å². The molecule has 1 aliphatic heterocycles. The Morgan fingerprint density at radius 3 is 0.667 bits per heavy atom. The quantitative estimate of drug-likeness (QED) is 0.0444. The molecule has 1 rings (SSSR count). The van der Waals surface area contributed by atoms with Crippen molar-refractivity contribution >= 4 is 0 Å². The Balaban J connectivity index is 2.74. The van der Waals surface area contributed by atoms with Gasteiger partial charge in [0.05, 0.1) is 0 Å². The van der Waals surface area contributed by atoms with Crippen LogP contribution in [0.3, 0.4) is 0 Å². The highest BCUT2D eigenvalue weighted by atomic mass is 15.3. The summed E-state index contributed by atoms with van der Waals surface area (Å²) in [6, 6.07) is 0. The average Bonchev–Trinajstić information content (AvgIpc) is 3.51. The molecular formula is C79H157N5. The second-order valence-corrected chi connectivity index (χ2v) is 27.2. The zero-order chi connectivity index (χ0) is 60.2. The summed E-state index contributed by atoms with van der Waals surface area (Å²) in [6.45, 7) is 30.9. The molecule has 0 amide bonds. The van der Waals surface area contributed by atoms with Gasteiger partial charge in [-0.3, -0.25) is 9.80 Å². The monoisotopic (exact) mass is 1180 g/mol. The van der Waals surface area contributed by atoms with Crippen LogP contribution in [-0.4, -0.2) is 123 Å². The van der Waals surface area contributed by atoms with E-state index in [2.05, 4.69) is 95.6 Å². The van der Waals surface area contributed by atoms with Crippen molar-refractivity contribution in [1.82, 2.24) is 24.5 Å². The first-order chi connectivity index (χ1) is 41.7. The van der Waals surface area contributed by atoms with Gasteiger partial charge in [0.15, 0.2) is 0 Å². The van der Waals surface area contributed by atoms with E-state index < -0.39 is 0 Å². The summed E-state index contributed by atoms with van der Waals surface area (Å²) in [5.74, 6) is 0. The minimum absolute atomic E-state index is 1.12. The fourth-order valence-electron chi connectivity index (χ4n) is 12.9. The van der Waals surface area contributed by atoms with Crippen molar-refractivity contribution in [2.75, 3.05) is 98.2 Å². The zero-order valence-electron chi connectivity index (χ0n) is 58.8. The van der Waals surface area contributed by atoms with E-state index in [0.717, 1.165) is 6.42 Å². The highest BCUT2D eigenvalue weighted by Gasteiger charge is 2.19. The SMILES string of the molecule is CCCCC/C=C\C/C=C\CCCCCCCCN(CCCCCCCC/C=C\CCCCC)CCN1CCN(CCN(CCCCCCCCCCCC)CCN(CCCCCCCCCCCC)CCCCCCCCCCCC)CC1. The maximum Gasteiger partial charge on any atom is 0.0110 e. The van der Waals surface area contributed by atoms with Crippen molar-refractivity contribution in [3.63, 3.8) is 0 Å². The first-order valence-corrected chi connectivity index (χ1v) is 39.2. The van der Waals surface area contributed by atoms with Crippen LogP contribution in [0.1, 0.15) is 375 Å². The van der Waals surface area contributed by atoms with Gasteiger partial charge in [0, 0.05) is 65.4 Å². The van der Waals surface area contributed by atoms with Crippen molar-refractivity contribution in [2.45, 2.75) is 375 Å². The fourth-order valence-corrected chi connectivity index (χ4v) is 12.9. The van der Waals surface area contributed by atoms with Gasteiger partial charge in [-0.05, 0) is 123 Å². The van der Waals surface area contributed by atoms with Crippen LogP contribution in [0.25, 0.3) is 0 Å². The molecule has 0 atom stereocenters. The van der Waals surface area contributed by atoms with E-state index in [1.165, 1.54) is 432 Å². The van der Waals surface area contributed by atoms with E-state index in [1.54, 1.807) is 0 Å². The third-order valence-electron chi connectivity index (χ3n) is 19.1. The number of unbranched alkanes of at least 4 members (excludes halogenated alkanes) is 45. The number of nitrogens with zero attached hydrogens (tertiary/aromatic N) is 5. The van der Waals surface area contributed by atoms with Crippen LogP contribution in [0.4, 0.5) is 0 Å². The van der Waals surface area contributed by atoms with Gasteiger partial charge in [-0.15, -0.1) is 0 Å². The van der Waals surface area contributed by atoms with Gasteiger partial charge in [0.25, 0.3) is 0 Å². The Hall–Kier alpha value is -0.980. The molecule has 1 aliphatic rings. The first kappa shape index (κ1) is 81.0. The van der Waals surface area contributed by atoms with Crippen molar-refractivity contribution in [3.8, 4) is 0 Å². The summed E-state index contributed by atoms with van der Waals surface area (Å²) in [4.78, 5) is 14.4. The minimum Gasteiger partial charge on any atom is -0.302 e. The van der Waals surface area contributed by atoms with Crippen molar-refractivity contribution in [2.24, 2.45) is 0 Å². The number of piperazine rings is 1. The molecule has 0 aromatic carbocycles. The molecule has 0 aromatic heterocycles. The molecule has 1 heterocycles. The molecule has 0 radical (unpaired) electrons. The maximum atomic E-state index is 2.93. The average molecular weight is 1180 g/mol. The van der Waals surface area contributed by atoms with Crippen LogP contribution < -0.4 is 0 Å². The normalized spacial score (nSPS) is 13.9. The third kappa shape index (κ3) is 60.0. The Morgan fingerprint density at radius 2 is 0.393 bits per heavy atom. The highest BCUT2D eigenvalue weighted by molar-refractivity contribution is 4.92. The predicted molar refractivity (Wildman–Crippen MR) is 383 cm³/mol. The van der Waals surface area contributed by atoms with Crippen LogP contribution in [0.2, 0.25) is 0 Å². The number of allylic oxidation sites excluding steroid dienone is 6. The molecule has 0 spiro atoms. The van der Waals surface area contributed by atoms with Gasteiger partial charge in [-0.25, -0.2) is 0 Å². The Kier molecular flexibility index (Phi) is 67.0. The van der Waals surface area contributed by atoms with E-state index in [-0.39, 0.29) is 0 Å². The van der Waals surface area contributed by atoms with E-state index >= 15 is 0 Å². The summed E-state index contributed by atoms with van der Waals surface area (Å²) in [5.41, 5.74) is 0. The molecular weight excluding hydrogens is 1020 g/mol. The second kappa shape index (κ2) is 69.5. The van der Waals surface area contributed by atoms with Gasteiger partial charge in [0.1, 0.15) is 0 Å². The van der Waals surface area contributed by atoms with E-state index in [0.29, 0.717) is 0 Å². The third-order valence-corrected chi connectivity index (χ3v) is 19.1. The molecule has 1 fully saturated rings. The Labute approximate surface area is 531 Å². The van der Waals surface area contributed by atoms with Gasteiger partial charge in [-0.1, -0.05) is 321 Å². The number of hydrogen-bond donors (Lipinski definition) is 0. The first-order valence-electron chi connectivity index (χ1n) is 39.2. The summed E-state index contributed by atoms with van der Waals surface area (Å²) >= 11 is 0. The van der Waals surface area contributed by atoms with E-state index in [4.69, 9.17) is 0 Å². The molecule has 1 saturated heterocycles. The minimum atomic E-state index is 1.12. The second-order valence-electron chi connectivity index (χ2n) is 27.2. The van der Waals surface area contributed by atoms with Crippen LogP contribution in [-0.2, 0) is 0 Å². The zero-order valence-corrected chi connectivity index (χ0v) is 58.8.